The van der Waals surface area contributed by atoms with Crippen LogP contribution < -0.4 is 9.47 Å². The Balaban J connectivity index is 2.33. The standard InChI is InChI=1S/C12H16O3/c1-11(2,3)12(13)8-14-9-6-4-5-7-10(9)15-12/h4-7,13H,8H2,1-3H3/t12-/m1/s1. The van der Waals surface area contributed by atoms with E-state index in [1.807, 2.05) is 39.0 Å². The van der Waals surface area contributed by atoms with Gasteiger partial charge in [-0.3, -0.25) is 0 Å². The number of fused-ring (bicyclic) bond motifs is 1. The fourth-order valence-electron chi connectivity index (χ4n) is 1.41. The van der Waals surface area contributed by atoms with Crippen LogP contribution in [0.25, 0.3) is 0 Å². The van der Waals surface area contributed by atoms with Crippen LogP contribution in [0.4, 0.5) is 0 Å². The summed E-state index contributed by atoms with van der Waals surface area (Å²) in [5, 5.41) is 10.3. The lowest BCUT2D eigenvalue weighted by Crippen LogP contribution is -2.54. The molecule has 15 heavy (non-hydrogen) atoms. The van der Waals surface area contributed by atoms with E-state index in [9.17, 15) is 5.11 Å². The molecule has 1 aromatic carbocycles. The highest BCUT2D eigenvalue weighted by Crippen LogP contribution is 2.40. The normalized spacial score (nSPS) is 25.1. The molecule has 0 aliphatic carbocycles. The summed E-state index contributed by atoms with van der Waals surface area (Å²) >= 11 is 0. The van der Waals surface area contributed by atoms with Crippen molar-refractivity contribution in [3.05, 3.63) is 24.3 Å². The quantitative estimate of drug-likeness (QED) is 0.710. The lowest BCUT2D eigenvalue weighted by Gasteiger charge is -2.42. The highest BCUT2D eigenvalue weighted by atomic mass is 16.7. The van der Waals surface area contributed by atoms with Crippen LogP contribution in [-0.4, -0.2) is 17.5 Å². The summed E-state index contributed by atoms with van der Waals surface area (Å²) in [6.07, 6.45) is 0. The van der Waals surface area contributed by atoms with Gasteiger partial charge < -0.3 is 14.6 Å². The second kappa shape index (κ2) is 3.14. The van der Waals surface area contributed by atoms with Crippen molar-refractivity contribution in [3.8, 4) is 11.5 Å². The third kappa shape index (κ3) is 1.67. The van der Waals surface area contributed by atoms with Gasteiger partial charge in [-0.1, -0.05) is 32.9 Å². The first kappa shape index (κ1) is 10.3. The van der Waals surface area contributed by atoms with E-state index in [0.29, 0.717) is 11.5 Å². The Morgan fingerprint density at radius 2 is 1.80 bits per heavy atom. The minimum atomic E-state index is -1.26. The Bertz CT molecular complexity index is 367. The second-order valence-electron chi connectivity index (χ2n) is 4.87. The van der Waals surface area contributed by atoms with Crippen molar-refractivity contribution < 1.29 is 14.6 Å². The van der Waals surface area contributed by atoms with E-state index in [4.69, 9.17) is 9.47 Å². The van der Waals surface area contributed by atoms with E-state index in [1.165, 1.54) is 0 Å². The smallest absolute Gasteiger partial charge is 0.247 e. The Labute approximate surface area is 89.6 Å². The fraction of sp³-hybridized carbons (Fsp3) is 0.500. The number of benzene rings is 1. The first-order valence-corrected chi connectivity index (χ1v) is 5.06. The van der Waals surface area contributed by atoms with Gasteiger partial charge in [-0.15, -0.1) is 0 Å². The molecular weight excluding hydrogens is 192 g/mol. The fourth-order valence-corrected chi connectivity index (χ4v) is 1.41. The predicted octanol–water partition coefficient (Wildman–Crippen LogP) is 2.19. The van der Waals surface area contributed by atoms with Crippen LogP contribution in [0.3, 0.4) is 0 Å². The Kier molecular flexibility index (Phi) is 2.15. The van der Waals surface area contributed by atoms with Crippen LogP contribution in [0.2, 0.25) is 0 Å². The molecule has 2 rings (SSSR count). The summed E-state index contributed by atoms with van der Waals surface area (Å²) in [7, 11) is 0. The van der Waals surface area contributed by atoms with Crippen molar-refractivity contribution in [2.75, 3.05) is 6.61 Å². The molecule has 0 unspecified atom stereocenters. The third-order valence-electron chi connectivity index (χ3n) is 2.72. The highest BCUT2D eigenvalue weighted by Gasteiger charge is 2.46. The molecule has 82 valence electrons. The molecule has 1 aromatic rings. The molecule has 0 amide bonds. The zero-order valence-corrected chi connectivity index (χ0v) is 9.28. The van der Waals surface area contributed by atoms with Crippen molar-refractivity contribution in [1.29, 1.82) is 0 Å². The van der Waals surface area contributed by atoms with Crippen LogP contribution in [0.5, 0.6) is 11.5 Å². The number of para-hydroxylation sites is 2. The Morgan fingerprint density at radius 3 is 2.40 bits per heavy atom. The Hall–Kier alpha value is -1.22. The van der Waals surface area contributed by atoms with E-state index in [0.717, 1.165) is 0 Å². The number of aliphatic hydroxyl groups is 1. The summed E-state index contributed by atoms with van der Waals surface area (Å²) in [6, 6.07) is 7.36. The topological polar surface area (TPSA) is 38.7 Å². The van der Waals surface area contributed by atoms with Gasteiger partial charge in [-0.05, 0) is 12.1 Å². The number of rotatable bonds is 0. The molecule has 1 heterocycles. The molecule has 1 aliphatic heterocycles. The summed E-state index contributed by atoms with van der Waals surface area (Å²) < 4.78 is 11.1. The van der Waals surface area contributed by atoms with E-state index in [1.54, 1.807) is 6.07 Å². The summed E-state index contributed by atoms with van der Waals surface area (Å²) in [6.45, 7) is 5.92. The molecule has 1 N–H and O–H groups in total. The summed E-state index contributed by atoms with van der Waals surface area (Å²) in [5.74, 6) is 0.0223. The molecule has 0 saturated heterocycles. The molecule has 0 spiro atoms. The van der Waals surface area contributed by atoms with Crippen LogP contribution in [0.1, 0.15) is 20.8 Å². The van der Waals surface area contributed by atoms with Crippen molar-refractivity contribution in [1.82, 2.24) is 0 Å². The summed E-state index contributed by atoms with van der Waals surface area (Å²) in [5.41, 5.74) is -0.388. The minimum Gasteiger partial charge on any atom is -0.483 e. The SMILES string of the molecule is CC(C)(C)[C@@]1(O)COc2ccccc2O1. The molecule has 1 aliphatic rings. The molecule has 0 bridgehead atoms. The number of hydrogen-bond donors (Lipinski definition) is 1. The molecular formula is C12H16O3. The molecule has 0 radical (unpaired) electrons. The number of ether oxygens (including phenoxy) is 2. The average Bonchev–Trinajstić information content (AvgIpc) is 2.16. The van der Waals surface area contributed by atoms with Gasteiger partial charge in [0.2, 0.25) is 5.79 Å². The van der Waals surface area contributed by atoms with Crippen molar-refractivity contribution in [2.24, 2.45) is 5.41 Å². The van der Waals surface area contributed by atoms with Crippen molar-refractivity contribution >= 4 is 0 Å². The zero-order chi connectivity index (χ0) is 11.1. The lowest BCUT2D eigenvalue weighted by molar-refractivity contribution is -0.234. The van der Waals surface area contributed by atoms with Gasteiger partial charge >= 0.3 is 0 Å². The largest absolute Gasteiger partial charge is 0.483 e. The third-order valence-corrected chi connectivity index (χ3v) is 2.72. The summed E-state index contributed by atoms with van der Waals surface area (Å²) in [4.78, 5) is 0. The van der Waals surface area contributed by atoms with Gasteiger partial charge in [0, 0.05) is 5.41 Å². The molecule has 1 atom stereocenters. The van der Waals surface area contributed by atoms with Crippen molar-refractivity contribution in [3.63, 3.8) is 0 Å². The molecule has 3 nitrogen and oxygen atoms in total. The minimum absolute atomic E-state index is 0.160. The van der Waals surface area contributed by atoms with Gasteiger partial charge in [0.25, 0.3) is 0 Å². The molecule has 0 saturated carbocycles. The molecule has 3 heteroatoms. The van der Waals surface area contributed by atoms with Crippen LogP contribution in [-0.2, 0) is 0 Å². The lowest BCUT2D eigenvalue weighted by atomic mass is 9.85. The van der Waals surface area contributed by atoms with Crippen LogP contribution in [0.15, 0.2) is 24.3 Å². The molecule has 0 aromatic heterocycles. The first-order valence-electron chi connectivity index (χ1n) is 5.06. The van der Waals surface area contributed by atoms with E-state index < -0.39 is 5.79 Å². The Morgan fingerprint density at radius 1 is 1.20 bits per heavy atom. The van der Waals surface area contributed by atoms with Crippen molar-refractivity contribution in [2.45, 2.75) is 26.6 Å². The maximum atomic E-state index is 10.3. The average molecular weight is 208 g/mol. The van der Waals surface area contributed by atoms with Gasteiger partial charge in [0.1, 0.15) is 0 Å². The van der Waals surface area contributed by atoms with Gasteiger partial charge in [0.05, 0.1) is 0 Å². The molecule has 0 fully saturated rings. The van der Waals surface area contributed by atoms with Gasteiger partial charge in [-0.25, -0.2) is 0 Å². The maximum absolute atomic E-state index is 10.3. The maximum Gasteiger partial charge on any atom is 0.247 e. The van der Waals surface area contributed by atoms with Crippen LogP contribution in [0, 0.1) is 5.41 Å². The monoisotopic (exact) mass is 208 g/mol. The zero-order valence-electron chi connectivity index (χ0n) is 9.28. The number of hydrogen-bond acceptors (Lipinski definition) is 3. The van der Waals surface area contributed by atoms with Crippen LogP contribution >= 0.6 is 0 Å². The van der Waals surface area contributed by atoms with Gasteiger partial charge in [-0.2, -0.15) is 0 Å². The second-order valence-corrected chi connectivity index (χ2v) is 4.87. The van der Waals surface area contributed by atoms with Gasteiger partial charge in [0.15, 0.2) is 18.1 Å². The predicted molar refractivity (Wildman–Crippen MR) is 57.0 cm³/mol. The highest BCUT2D eigenvalue weighted by molar-refractivity contribution is 5.41. The van der Waals surface area contributed by atoms with E-state index in [-0.39, 0.29) is 12.0 Å². The first-order chi connectivity index (χ1) is 6.92. The van der Waals surface area contributed by atoms with E-state index >= 15 is 0 Å². The van der Waals surface area contributed by atoms with E-state index in [2.05, 4.69) is 0 Å².